The second-order valence-corrected chi connectivity index (χ2v) is 5.09. The van der Waals surface area contributed by atoms with Gasteiger partial charge in [0.25, 0.3) is 0 Å². The van der Waals surface area contributed by atoms with Gasteiger partial charge < -0.3 is 15.0 Å². The third-order valence-corrected chi connectivity index (χ3v) is 3.54. The Morgan fingerprint density at radius 1 is 1.33 bits per heavy atom. The third-order valence-electron chi connectivity index (χ3n) is 3.54. The molecule has 1 aromatic carbocycles. The largest absolute Gasteiger partial charge is 0.465 e. The second-order valence-electron chi connectivity index (χ2n) is 5.09. The highest BCUT2D eigenvalue weighted by atomic mass is 35.5. The van der Waals surface area contributed by atoms with Crippen LogP contribution in [0.2, 0.25) is 0 Å². The molecule has 0 amide bonds. The molecule has 2 rings (SSSR count). The molecule has 0 radical (unpaired) electrons. The van der Waals surface area contributed by atoms with Gasteiger partial charge in [-0.3, -0.25) is 0 Å². The summed E-state index contributed by atoms with van der Waals surface area (Å²) in [5.41, 5.74) is 1.88. The molecule has 1 N–H and O–H groups in total. The summed E-state index contributed by atoms with van der Waals surface area (Å²) < 4.78 is 4.69. The summed E-state index contributed by atoms with van der Waals surface area (Å²) in [5, 5.41) is 3.44. The van der Waals surface area contributed by atoms with Gasteiger partial charge in [-0.25, -0.2) is 4.79 Å². The first-order chi connectivity index (χ1) is 9.19. The number of hydrogen-bond acceptors (Lipinski definition) is 4. The van der Waals surface area contributed by atoms with E-state index in [9.17, 15) is 4.79 Å². The van der Waals surface area contributed by atoms with Crippen molar-refractivity contribution in [3.05, 3.63) is 35.4 Å². The van der Waals surface area contributed by atoms with Gasteiger partial charge in [0.05, 0.1) is 12.7 Å². The van der Waals surface area contributed by atoms with E-state index in [0.29, 0.717) is 11.6 Å². The van der Waals surface area contributed by atoms with Crippen molar-refractivity contribution in [1.29, 1.82) is 0 Å². The molecule has 0 saturated carbocycles. The van der Waals surface area contributed by atoms with Gasteiger partial charge in [-0.1, -0.05) is 12.1 Å². The molecule has 4 nitrogen and oxygen atoms in total. The number of methoxy groups -OCH3 is 1. The van der Waals surface area contributed by atoms with Crippen LogP contribution in [0.25, 0.3) is 0 Å². The summed E-state index contributed by atoms with van der Waals surface area (Å²) in [6.07, 6.45) is 1.02. The molecule has 0 spiro atoms. The first-order valence-corrected chi connectivity index (χ1v) is 6.82. The van der Waals surface area contributed by atoms with Crippen molar-refractivity contribution in [1.82, 2.24) is 10.2 Å². The average molecular weight is 335 g/mol. The van der Waals surface area contributed by atoms with Gasteiger partial charge in [0.15, 0.2) is 0 Å². The van der Waals surface area contributed by atoms with Crippen LogP contribution >= 0.6 is 24.8 Å². The molecule has 6 heteroatoms. The lowest BCUT2D eigenvalue weighted by atomic mass is 10.1. The van der Waals surface area contributed by atoms with Crippen molar-refractivity contribution >= 4 is 30.8 Å². The fraction of sp³-hybridized carbons (Fsp3) is 0.533. The van der Waals surface area contributed by atoms with Crippen molar-refractivity contribution in [3.63, 3.8) is 0 Å². The van der Waals surface area contributed by atoms with Gasteiger partial charge in [-0.2, -0.15) is 0 Å². The number of benzene rings is 1. The normalized spacial score (nSPS) is 18.3. The number of nitrogens with one attached hydrogen (secondary N) is 1. The summed E-state index contributed by atoms with van der Waals surface area (Å²) in [6.45, 7) is 6.59. The molecule has 120 valence electrons. The summed E-state index contributed by atoms with van der Waals surface area (Å²) >= 11 is 0. The van der Waals surface area contributed by atoms with Gasteiger partial charge in [0, 0.05) is 32.2 Å². The molecule has 1 aromatic rings. The van der Waals surface area contributed by atoms with Crippen molar-refractivity contribution in [2.24, 2.45) is 0 Å². The minimum absolute atomic E-state index is 0. The maximum Gasteiger partial charge on any atom is 0.337 e. The number of ether oxygens (including phenoxy) is 1. The standard InChI is InChI=1S/C15H22N2O2.2ClH/c1-12-11-17(10-8-16-12)9-7-13-3-5-14(6-4-13)15(18)19-2;;/h3-6,12,16H,7-11H2,1-2H3;2*1H/t12-;;/m1../s1. The molecule has 0 bridgehead atoms. The van der Waals surface area contributed by atoms with Crippen LogP contribution in [0.3, 0.4) is 0 Å². The van der Waals surface area contributed by atoms with E-state index >= 15 is 0 Å². The molecule has 1 heterocycles. The lowest BCUT2D eigenvalue weighted by Gasteiger charge is -2.31. The first kappa shape index (κ1) is 20.2. The van der Waals surface area contributed by atoms with E-state index in [1.807, 2.05) is 24.3 Å². The molecule has 0 aliphatic carbocycles. The van der Waals surface area contributed by atoms with Gasteiger partial charge in [-0.05, 0) is 31.0 Å². The average Bonchev–Trinajstić information content (AvgIpc) is 2.45. The maximum absolute atomic E-state index is 11.3. The van der Waals surface area contributed by atoms with E-state index in [0.717, 1.165) is 32.6 Å². The lowest BCUT2D eigenvalue weighted by molar-refractivity contribution is 0.0600. The smallest absolute Gasteiger partial charge is 0.337 e. The van der Waals surface area contributed by atoms with Gasteiger partial charge in [-0.15, -0.1) is 24.8 Å². The Hall–Kier alpha value is -0.810. The Kier molecular flexibility index (Phi) is 9.62. The zero-order valence-corrected chi connectivity index (χ0v) is 14.1. The molecule has 0 aromatic heterocycles. The number of nitrogens with zero attached hydrogens (tertiary/aromatic N) is 1. The monoisotopic (exact) mass is 334 g/mol. The topological polar surface area (TPSA) is 41.6 Å². The van der Waals surface area contributed by atoms with E-state index < -0.39 is 0 Å². The fourth-order valence-corrected chi connectivity index (χ4v) is 2.43. The Balaban J connectivity index is 0.00000200. The third kappa shape index (κ3) is 6.22. The highest BCUT2D eigenvalue weighted by molar-refractivity contribution is 5.89. The number of carbonyl (C=O) groups excluding carboxylic acids is 1. The molecule has 1 aliphatic rings. The van der Waals surface area contributed by atoms with E-state index in [1.165, 1.54) is 12.7 Å². The molecule has 1 aliphatic heterocycles. The number of halogens is 2. The van der Waals surface area contributed by atoms with E-state index in [1.54, 1.807) is 0 Å². The number of esters is 1. The minimum Gasteiger partial charge on any atom is -0.465 e. The number of piperazine rings is 1. The van der Waals surface area contributed by atoms with E-state index in [-0.39, 0.29) is 30.8 Å². The SMILES string of the molecule is COC(=O)c1ccc(CCN2CCN[C@H](C)C2)cc1.Cl.Cl. The van der Waals surface area contributed by atoms with Gasteiger partial charge >= 0.3 is 5.97 Å². The predicted molar refractivity (Wildman–Crippen MR) is 89.9 cm³/mol. The van der Waals surface area contributed by atoms with Crippen molar-refractivity contribution < 1.29 is 9.53 Å². The van der Waals surface area contributed by atoms with Crippen molar-refractivity contribution in [2.45, 2.75) is 19.4 Å². The zero-order valence-electron chi connectivity index (χ0n) is 12.5. The van der Waals surface area contributed by atoms with Gasteiger partial charge in [0.2, 0.25) is 0 Å². The van der Waals surface area contributed by atoms with Crippen LogP contribution in [0.4, 0.5) is 0 Å². The quantitative estimate of drug-likeness (QED) is 0.856. The molecule has 1 atom stereocenters. The molecular weight excluding hydrogens is 311 g/mol. The first-order valence-electron chi connectivity index (χ1n) is 6.82. The van der Waals surface area contributed by atoms with Crippen LogP contribution in [0.5, 0.6) is 0 Å². The molecule has 0 unspecified atom stereocenters. The van der Waals surface area contributed by atoms with Crippen LogP contribution in [-0.4, -0.2) is 50.2 Å². The van der Waals surface area contributed by atoms with Gasteiger partial charge in [0.1, 0.15) is 0 Å². The molecule has 1 fully saturated rings. The highest BCUT2D eigenvalue weighted by Gasteiger charge is 2.14. The van der Waals surface area contributed by atoms with Crippen LogP contribution in [0, 0.1) is 0 Å². The lowest BCUT2D eigenvalue weighted by Crippen LogP contribution is -2.49. The maximum atomic E-state index is 11.3. The van der Waals surface area contributed by atoms with E-state index in [4.69, 9.17) is 0 Å². The Bertz CT molecular complexity index is 426. The van der Waals surface area contributed by atoms with Crippen molar-refractivity contribution in [3.8, 4) is 0 Å². The summed E-state index contributed by atoms with van der Waals surface area (Å²) in [6, 6.07) is 8.27. The Morgan fingerprint density at radius 2 is 2.00 bits per heavy atom. The fourth-order valence-electron chi connectivity index (χ4n) is 2.43. The molecule has 1 saturated heterocycles. The number of hydrogen-bond donors (Lipinski definition) is 1. The van der Waals surface area contributed by atoms with Crippen LogP contribution in [0.1, 0.15) is 22.8 Å². The Morgan fingerprint density at radius 3 is 2.57 bits per heavy atom. The van der Waals surface area contributed by atoms with Crippen LogP contribution < -0.4 is 5.32 Å². The van der Waals surface area contributed by atoms with Crippen LogP contribution in [-0.2, 0) is 11.2 Å². The summed E-state index contributed by atoms with van der Waals surface area (Å²) in [5.74, 6) is -0.275. The zero-order chi connectivity index (χ0) is 13.7. The number of rotatable bonds is 4. The molecular formula is C15H24Cl2N2O2. The van der Waals surface area contributed by atoms with Crippen molar-refractivity contribution in [2.75, 3.05) is 33.3 Å². The minimum atomic E-state index is -0.275. The van der Waals surface area contributed by atoms with Crippen LogP contribution in [0.15, 0.2) is 24.3 Å². The summed E-state index contributed by atoms with van der Waals surface area (Å²) in [7, 11) is 1.40. The summed E-state index contributed by atoms with van der Waals surface area (Å²) in [4.78, 5) is 13.8. The number of carbonyl (C=O) groups is 1. The second kappa shape index (κ2) is 10.0. The predicted octanol–water partition coefficient (Wildman–Crippen LogP) is 2.15. The Labute approximate surface area is 139 Å². The van der Waals surface area contributed by atoms with E-state index in [2.05, 4.69) is 21.9 Å². The molecule has 21 heavy (non-hydrogen) atoms. The highest BCUT2D eigenvalue weighted by Crippen LogP contribution is 2.08.